The Morgan fingerprint density at radius 3 is 2.50 bits per heavy atom. The number of hydrogen-bond acceptors (Lipinski definition) is 0. The molecule has 0 aliphatic heterocycles. The molecule has 0 N–H and O–H groups in total. The number of halogens is 1. The molecular formula is C27H27I. The standard InChI is InChI=1S/C27H27I/c1-6-22-23-14-10-11-15-24(23)27(4,5)25(22)18-20(3)19(2)16-17-26(28)21-12-8-7-9-13-21/h6-12,14-18H,2-3,13H2,1,4-5H3/b17-16-,22-6-,25-18?,26-21+. The zero-order valence-corrected chi connectivity index (χ0v) is 19.1. The van der Waals surface area contributed by atoms with Crippen molar-refractivity contribution >= 4 is 28.2 Å². The minimum atomic E-state index is -0.0407. The smallest absolute Gasteiger partial charge is 0.0165 e. The maximum absolute atomic E-state index is 4.31. The van der Waals surface area contributed by atoms with Crippen molar-refractivity contribution in [3.8, 4) is 0 Å². The van der Waals surface area contributed by atoms with Crippen molar-refractivity contribution < 1.29 is 0 Å². The minimum absolute atomic E-state index is 0.0407. The van der Waals surface area contributed by atoms with Gasteiger partial charge in [0.25, 0.3) is 0 Å². The molecule has 0 saturated carbocycles. The molecule has 2 aliphatic carbocycles. The fourth-order valence-electron chi connectivity index (χ4n) is 3.80. The molecule has 0 bridgehead atoms. The summed E-state index contributed by atoms with van der Waals surface area (Å²) >= 11 is 2.40. The normalized spacial score (nSPS) is 22.1. The number of hydrogen-bond donors (Lipinski definition) is 0. The van der Waals surface area contributed by atoms with E-state index in [1.54, 1.807) is 0 Å². The molecule has 0 radical (unpaired) electrons. The van der Waals surface area contributed by atoms with Crippen molar-refractivity contribution in [3.05, 3.63) is 123 Å². The summed E-state index contributed by atoms with van der Waals surface area (Å²) in [5.41, 5.74) is 8.50. The fraction of sp³-hybridized carbons (Fsp3) is 0.185. The topological polar surface area (TPSA) is 0 Å². The summed E-state index contributed by atoms with van der Waals surface area (Å²) in [6, 6.07) is 8.68. The summed E-state index contributed by atoms with van der Waals surface area (Å²) in [6.07, 6.45) is 18.1. The third kappa shape index (κ3) is 4.00. The highest BCUT2D eigenvalue weighted by Crippen LogP contribution is 2.49. The van der Waals surface area contributed by atoms with Crippen LogP contribution in [0.25, 0.3) is 5.57 Å². The SMILES string of the molecule is C=C(C=C1/C(=C\C)c2ccccc2C1(C)C)C(=C)/C=C\C(I)=C1\C=CC=CC1. The van der Waals surface area contributed by atoms with Crippen molar-refractivity contribution in [3.63, 3.8) is 0 Å². The number of rotatable bonds is 4. The summed E-state index contributed by atoms with van der Waals surface area (Å²) in [6.45, 7) is 15.2. The van der Waals surface area contributed by atoms with E-state index in [-0.39, 0.29) is 5.41 Å². The first kappa shape index (κ1) is 20.6. The highest BCUT2D eigenvalue weighted by molar-refractivity contribution is 14.1. The van der Waals surface area contributed by atoms with Crippen LogP contribution in [0, 0.1) is 0 Å². The minimum Gasteiger partial charge on any atom is -0.0912 e. The lowest BCUT2D eigenvalue weighted by atomic mass is 9.81. The van der Waals surface area contributed by atoms with E-state index < -0.39 is 0 Å². The first-order chi connectivity index (χ1) is 13.4. The Labute approximate surface area is 183 Å². The summed E-state index contributed by atoms with van der Waals surface area (Å²) in [7, 11) is 0. The predicted molar refractivity (Wildman–Crippen MR) is 133 cm³/mol. The van der Waals surface area contributed by atoms with Gasteiger partial charge in [0.05, 0.1) is 0 Å². The third-order valence-corrected chi connectivity index (χ3v) is 6.55. The maximum Gasteiger partial charge on any atom is 0.0165 e. The summed E-state index contributed by atoms with van der Waals surface area (Å²) in [5.74, 6) is 0. The van der Waals surface area contributed by atoms with Crippen molar-refractivity contribution in [2.24, 2.45) is 0 Å². The Hall–Kier alpha value is -2.13. The molecule has 1 aromatic rings. The highest BCUT2D eigenvalue weighted by Gasteiger charge is 2.37. The van der Waals surface area contributed by atoms with Gasteiger partial charge in [-0.1, -0.05) is 93.8 Å². The first-order valence-corrected chi connectivity index (χ1v) is 10.7. The average molecular weight is 478 g/mol. The predicted octanol–water partition coefficient (Wildman–Crippen LogP) is 8.18. The Kier molecular flexibility index (Phi) is 6.24. The van der Waals surface area contributed by atoms with Gasteiger partial charge in [-0.3, -0.25) is 0 Å². The van der Waals surface area contributed by atoms with Gasteiger partial charge < -0.3 is 0 Å². The molecule has 0 heterocycles. The largest absolute Gasteiger partial charge is 0.0912 e. The van der Waals surface area contributed by atoms with Gasteiger partial charge in [-0.15, -0.1) is 0 Å². The van der Waals surface area contributed by atoms with Crippen LogP contribution in [-0.4, -0.2) is 0 Å². The molecule has 0 saturated heterocycles. The number of fused-ring (bicyclic) bond motifs is 1. The van der Waals surface area contributed by atoms with Crippen LogP contribution in [-0.2, 0) is 5.41 Å². The van der Waals surface area contributed by atoms with E-state index in [0.29, 0.717) is 0 Å². The monoisotopic (exact) mass is 478 g/mol. The summed E-state index contributed by atoms with van der Waals surface area (Å²) < 4.78 is 1.24. The van der Waals surface area contributed by atoms with Crippen LogP contribution in [0.3, 0.4) is 0 Å². The fourth-order valence-corrected chi connectivity index (χ4v) is 4.38. The van der Waals surface area contributed by atoms with Crippen LogP contribution in [0.5, 0.6) is 0 Å². The molecular weight excluding hydrogens is 451 g/mol. The molecule has 2 aliphatic rings. The second-order valence-electron chi connectivity index (χ2n) is 7.68. The van der Waals surface area contributed by atoms with Gasteiger partial charge >= 0.3 is 0 Å². The van der Waals surface area contributed by atoms with Crippen LogP contribution in [0.1, 0.15) is 38.3 Å². The second-order valence-corrected chi connectivity index (χ2v) is 8.84. The van der Waals surface area contributed by atoms with E-state index in [9.17, 15) is 0 Å². The lowest BCUT2D eigenvalue weighted by Gasteiger charge is -2.22. The van der Waals surface area contributed by atoms with Crippen LogP contribution in [0.15, 0.2) is 112 Å². The van der Waals surface area contributed by atoms with E-state index >= 15 is 0 Å². The van der Waals surface area contributed by atoms with E-state index in [1.165, 1.54) is 31.4 Å². The van der Waals surface area contributed by atoms with Crippen molar-refractivity contribution in [1.82, 2.24) is 0 Å². The van der Waals surface area contributed by atoms with Gasteiger partial charge in [0.2, 0.25) is 0 Å². The summed E-state index contributed by atoms with van der Waals surface area (Å²) in [5, 5.41) is 0. The molecule has 28 heavy (non-hydrogen) atoms. The molecule has 3 rings (SSSR count). The van der Waals surface area contributed by atoms with E-state index in [2.05, 4.69) is 129 Å². The maximum atomic E-state index is 4.31. The molecule has 1 aromatic carbocycles. The van der Waals surface area contributed by atoms with Crippen LogP contribution in [0.4, 0.5) is 0 Å². The quantitative estimate of drug-likeness (QED) is 0.302. The van der Waals surface area contributed by atoms with Crippen LogP contribution in [0.2, 0.25) is 0 Å². The van der Waals surface area contributed by atoms with Crippen LogP contribution < -0.4 is 0 Å². The lowest BCUT2D eigenvalue weighted by molar-refractivity contribution is 0.660. The van der Waals surface area contributed by atoms with E-state index in [4.69, 9.17) is 0 Å². The van der Waals surface area contributed by atoms with Gasteiger partial charge in [-0.25, -0.2) is 0 Å². The zero-order valence-electron chi connectivity index (χ0n) is 16.9. The van der Waals surface area contributed by atoms with Gasteiger partial charge in [-0.2, -0.15) is 0 Å². The van der Waals surface area contributed by atoms with Crippen molar-refractivity contribution in [2.75, 3.05) is 0 Å². The van der Waals surface area contributed by atoms with E-state index in [1.807, 2.05) is 0 Å². The average Bonchev–Trinajstić information content (AvgIpc) is 2.93. The highest BCUT2D eigenvalue weighted by atomic mass is 127. The Morgan fingerprint density at radius 1 is 1.07 bits per heavy atom. The molecule has 0 amide bonds. The molecule has 0 nitrogen and oxygen atoms in total. The lowest BCUT2D eigenvalue weighted by Crippen LogP contribution is -2.15. The zero-order chi connectivity index (χ0) is 20.3. The van der Waals surface area contributed by atoms with Crippen molar-refractivity contribution in [1.29, 1.82) is 0 Å². The van der Waals surface area contributed by atoms with E-state index in [0.717, 1.165) is 17.6 Å². The summed E-state index contributed by atoms with van der Waals surface area (Å²) in [4.78, 5) is 0. The Bertz CT molecular complexity index is 1000. The third-order valence-electron chi connectivity index (χ3n) is 5.49. The Balaban J connectivity index is 1.86. The molecule has 142 valence electrons. The molecule has 0 atom stereocenters. The molecule has 0 spiro atoms. The van der Waals surface area contributed by atoms with Gasteiger partial charge in [-0.05, 0) is 81.0 Å². The van der Waals surface area contributed by atoms with Crippen LogP contribution >= 0.6 is 22.6 Å². The van der Waals surface area contributed by atoms with Crippen molar-refractivity contribution in [2.45, 2.75) is 32.6 Å². The van der Waals surface area contributed by atoms with Gasteiger partial charge in [0.1, 0.15) is 0 Å². The Morgan fingerprint density at radius 2 is 1.82 bits per heavy atom. The molecule has 0 unspecified atom stereocenters. The van der Waals surface area contributed by atoms with Gasteiger partial charge in [0.15, 0.2) is 0 Å². The molecule has 0 aromatic heterocycles. The second kappa shape index (κ2) is 8.48. The molecule has 0 fully saturated rings. The van der Waals surface area contributed by atoms with Gasteiger partial charge in [0, 0.05) is 8.99 Å². The number of allylic oxidation sites excluding steroid dienone is 14. The number of benzene rings is 1. The first-order valence-electron chi connectivity index (χ1n) is 9.63. The molecule has 1 heteroatoms.